The fourth-order valence-corrected chi connectivity index (χ4v) is 2.48. The van der Waals surface area contributed by atoms with E-state index >= 15 is 0 Å². The van der Waals surface area contributed by atoms with Crippen LogP contribution in [-0.2, 0) is 0 Å². The average molecular weight is 344 g/mol. The molecule has 0 saturated heterocycles. The summed E-state index contributed by atoms with van der Waals surface area (Å²) in [5.74, 6) is -1.17. The molecule has 0 atom stereocenters. The fourth-order valence-electron chi connectivity index (χ4n) is 2.30. The molecule has 0 amide bonds. The zero-order valence-corrected chi connectivity index (χ0v) is 12.8. The van der Waals surface area contributed by atoms with Gasteiger partial charge >= 0.3 is 5.97 Å². The van der Waals surface area contributed by atoms with Crippen molar-refractivity contribution < 1.29 is 14.8 Å². The predicted octanol–water partition coefficient (Wildman–Crippen LogP) is 4.24. The number of carboxylic acids is 1. The van der Waals surface area contributed by atoms with Crippen LogP contribution in [0.1, 0.15) is 10.4 Å². The number of anilines is 2. The summed E-state index contributed by atoms with van der Waals surface area (Å²) in [6.45, 7) is 0. The Balaban J connectivity index is 2.18. The molecule has 2 aromatic carbocycles. The molecule has 0 saturated carbocycles. The first kappa shape index (κ1) is 15.7. The van der Waals surface area contributed by atoms with E-state index in [1.165, 1.54) is 24.4 Å². The van der Waals surface area contributed by atoms with Crippen LogP contribution in [0, 0.1) is 10.1 Å². The smallest absolute Gasteiger partial charge is 0.339 e. The minimum atomic E-state index is -1.17. The maximum atomic E-state index is 11.5. The molecule has 1 heterocycles. The zero-order valence-electron chi connectivity index (χ0n) is 12.1. The SMILES string of the molecule is O=C(O)c1cnc2ccc(Cl)cc2c1Nc1cccc([N+](=O)[O-])c1. The average Bonchev–Trinajstić information content (AvgIpc) is 2.55. The van der Waals surface area contributed by atoms with Gasteiger partial charge in [0.2, 0.25) is 0 Å². The molecule has 0 aliphatic rings. The molecule has 24 heavy (non-hydrogen) atoms. The number of benzene rings is 2. The lowest BCUT2D eigenvalue weighted by atomic mass is 10.1. The van der Waals surface area contributed by atoms with Crippen molar-refractivity contribution in [2.24, 2.45) is 0 Å². The van der Waals surface area contributed by atoms with E-state index in [4.69, 9.17) is 11.6 Å². The number of fused-ring (bicyclic) bond motifs is 1. The van der Waals surface area contributed by atoms with Crippen molar-refractivity contribution in [3.63, 3.8) is 0 Å². The molecule has 0 aliphatic heterocycles. The van der Waals surface area contributed by atoms with Gasteiger partial charge in [-0.05, 0) is 24.3 Å². The molecule has 2 N–H and O–H groups in total. The van der Waals surface area contributed by atoms with Gasteiger partial charge in [0.25, 0.3) is 5.69 Å². The Morgan fingerprint density at radius 2 is 2.04 bits per heavy atom. The number of nitrogens with one attached hydrogen (secondary N) is 1. The van der Waals surface area contributed by atoms with E-state index in [0.29, 0.717) is 21.6 Å². The summed E-state index contributed by atoms with van der Waals surface area (Å²) < 4.78 is 0. The molecule has 0 radical (unpaired) electrons. The Kier molecular flexibility index (Phi) is 4.01. The van der Waals surface area contributed by atoms with Crippen LogP contribution in [0.15, 0.2) is 48.7 Å². The summed E-state index contributed by atoms with van der Waals surface area (Å²) >= 11 is 6.00. The Labute approximate surface area is 140 Å². The number of nitro groups is 1. The van der Waals surface area contributed by atoms with Gasteiger partial charge in [-0.3, -0.25) is 15.1 Å². The number of hydrogen-bond donors (Lipinski definition) is 2. The zero-order chi connectivity index (χ0) is 17.3. The number of aromatic nitrogens is 1. The topological polar surface area (TPSA) is 105 Å². The Bertz CT molecular complexity index is 975. The van der Waals surface area contributed by atoms with Crippen molar-refractivity contribution in [1.29, 1.82) is 0 Å². The summed E-state index contributed by atoms with van der Waals surface area (Å²) in [4.78, 5) is 26.0. The van der Waals surface area contributed by atoms with Crippen molar-refractivity contribution >= 4 is 45.5 Å². The van der Waals surface area contributed by atoms with Crippen molar-refractivity contribution in [2.75, 3.05) is 5.32 Å². The first-order chi connectivity index (χ1) is 11.5. The second-order valence-electron chi connectivity index (χ2n) is 4.95. The molecule has 0 bridgehead atoms. The van der Waals surface area contributed by atoms with Crippen LogP contribution in [-0.4, -0.2) is 21.0 Å². The molecule has 3 aromatic rings. The quantitative estimate of drug-likeness (QED) is 0.542. The molecule has 120 valence electrons. The van der Waals surface area contributed by atoms with Crippen LogP contribution in [0.2, 0.25) is 5.02 Å². The van der Waals surface area contributed by atoms with Gasteiger partial charge in [0.05, 0.1) is 16.1 Å². The van der Waals surface area contributed by atoms with Gasteiger partial charge in [-0.15, -0.1) is 0 Å². The first-order valence-corrected chi connectivity index (χ1v) is 7.16. The lowest BCUT2D eigenvalue weighted by Gasteiger charge is -2.13. The van der Waals surface area contributed by atoms with Gasteiger partial charge in [-0.2, -0.15) is 0 Å². The third-order valence-electron chi connectivity index (χ3n) is 3.39. The van der Waals surface area contributed by atoms with E-state index in [0.717, 1.165) is 0 Å². The number of halogens is 1. The predicted molar refractivity (Wildman–Crippen MR) is 90.1 cm³/mol. The second-order valence-corrected chi connectivity index (χ2v) is 5.38. The van der Waals surface area contributed by atoms with Crippen LogP contribution < -0.4 is 5.32 Å². The van der Waals surface area contributed by atoms with E-state index in [9.17, 15) is 20.0 Å². The number of nitro benzene ring substituents is 1. The molecule has 0 unspecified atom stereocenters. The van der Waals surface area contributed by atoms with E-state index in [2.05, 4.69) is 10.3 Å². The second kappa shape index (κ2) is 6.13. The van der Waals surface area contributed by atoms with Gasteiger partial charge in [0.15, 0.2) is 0 Å². The number of aromatic carboxylic acids is 1. The summed E-state index contributed by atoms with van der Waals surface area (Å²) in [5.41, 5.74) is 1.05. The first-order valence-electron chi connectivity index (χ1n) is 6.79. The van der Waals surface area contributed by atoms with Crippen LogP contribution in [0.3, 0.4) is 0 Å². The summed E-state index contributed by atoms with van der Waals surface area (Å²) in [6, 6.07) is 10.7. The number of non-ortho nitro benzene ring substituents is 1. The summed E-state index contributed by atoms with van der Waals surface area (Å²) in [5, 5.41) is 24.2. The molecule has 8 heteroatoms. The maximum Gasteiger partial charge on any atom is 0.339 e. The number of pyridine rings is 1. The van der Waals surface area contributed by atoms with Gasteiger partial charge in [0, 0.05) is 34.4 Å². The molecular formula is C16H10ClN3O4. The molecule has 1 aromatic heterocycles. The lowest BCUT2D eigenvalue weighted by molar-refractivity contribution is -0.384. The highest BCUT2D eigenvalue weighted by Gasteiger charge is 2.16. The Morgan fingerprint density at radius 1 is 1.25 bits per heavy atom. The maximum absolute atomic E-state index is 11.5. The largest absolute Gasteiger partial charge is 0.478 e. The third-order valence-corrected chi connectivity index (χ3v) is 3.62. The number of hydrogen-bond acceptors (Lipinski definition) is 5. The number of rotatable bonds is 4. The summed E-state index contributed by atoms with van der Waals surface area (Å²) in [7, 11) is 0. The highest BCUT2D eigenvalue weighted by Crippen LogP contribution is 2.31. The minimum absolute atomic E-state index is 0.0590. The highest BCUT2D eigenvalue weighted by atomic mass is 35.5. The minimum Gasteiger partial charge on any atom is -0.478 e. The van der Waals surface area contributed by atoms with Crippen molar-refractivity contribution in [3.05, 3.63) is 69.4 Å². The van der Waals surface area contributed by atoms with Crippen LogP contribution in [0.4, 0.5) is 17.1 Å². The molecule has 0 spiro atoms. The van der Waals surface area contributed by atoms with Crippen molar-refractivity contribution in [2.45, 2.75) is 0 Å². The fraction of sp³-hybridized carbons (Fsp3) is 0. The lowest BCUT2D eigenvalue weighted by Crippen LogP contribution is -2.05. The van der Waals surface area contributed by atoms with E-state index in [-0.39, 0.29) is 16.9 Å². The van der Waals surface area contributed by atoms with Gasteiger partial charge in [0.1, 0.15) is 5.56 Å². The van der Waals surface area contributed by atoms with E-state index < -0.39 is 10.9 Å². The number of nitrogens with zero attached hydrogens (tertiary/aromatic N) is 2. The van der Waals surface area contributed by atoms with Gasteiger partial charge < -0.3 is 10.4 Å². The number of carboxylic acid groups (broad SMARTS) is 1. The van der Waals surface area contributed by atoms with Crippen LogP contribution >= 0.6 is 11.6 Å². The molecular weight excluding hydrogens is 334 g/mol. The molecule has 0 aliphatic carbocycles. The van der Waals surface area contributed by atoms with Crippen LogP contribution in [0.25, 0.3) is 10.9 Å². The van der Waals surface area contributed by atoms with Crippen molar-refractivity contribution in [3.8, 4) is 0 Å². The normalized spacial score (nSPS) is 10.5. The van der Waals surface area contributed by atoms with Crippen molar-refractivity contribution in [1.82, 2.24) is 4.98 Å². The Hall–Kier alpha value is -3.19. The van der Waals surface area contributed by atoms with E-state index in [1.54, 1.807) is 24.3 Å². The van der Waals surface area contributed by atoms with E-state index in [1.807, 2.05) is 0 Å². The van der Waals surface area contributed by atoms with Crippen LogP contribution in [0.5, 0.6) is 0 Å². The standard InChI is InChI=1S/C16H10ClN3O4/c17-9-4-5-14-12(6-9)15(13(8-18-14)16(21)22)19-10-2-1-3-11(7-10)20(23)24/h1-8H,(H,18,19)(H,21,22). The summed E-state index contributed by atoms with van der Waals surface area (Å²) in [6.07, 6.45) is 1.23. The monoisotopic (exact) mass is 343 g/mol. The molecule has 3 rings (SSSR count). The highest BCUT2D eigenvalue weighted by molar-refractivity contribution is 6.31. The molecule has 0 fully saturated rings. The van der Waals surface area contributed by atoms with Gasteiger partial charge in [-0.25, -0.2) is 4.79 Å². The van der Waals surface area contributed by atoms with Gasteiger partial charge in [-0.1, -0.05) is 17.7 Å². The number of carbonyl (C=O) groups is 1. The Morgan fingerprint density at radius 3 is 2.75 bits per heavy atom. The molecule has 7 nitrogen and oxygen atoms in total. The third kappa shape index (κ3) is 2.97.